The van der Waals surface area contributed by atoms with E-state index in [1.54, 1.807) is 0 Å². The van der Waals surface area contributed by atoms with Crippen LogP contribution in [0.15, 0.2) is 55.0 Å². The molecule has 2 heterocycles. The van der Waals surface area contributed by atoms with E-state index in [0.29, 0.717) is 18.5 Å². The zero-order chi connectivity index (χ0) is 17.9. The Kier molecular flexibility index (Phi) is 3.25. The van der Waals surface area contributed by atoms with E-state index >= 15 is 0 Å². The summed E-state index contributed by atoms with van der Waals surface area (Å²) in [6, 6.07) is 12.5. The lowest BCUT2D eigenvalue weighted by Gasteiger charge is -2.46. The molecule has 3 aromatic rings. The predicted molar refractivity (Wildman–Crippen MR) is 97.5 cm³/mol. The van der Waals surface area contributed by atoms with Crippen LogP contribution in [-0.2, 0) is 10.3 Å². The summed E-state index contributed by atoms with van der Waals surface area (Å²) >= 11 is 5.79. The Morgan fingerprint density at radius 2 is 2.08 bits per heavy atom. The number of carbonyl (C=O) groups is 1. The van der Waals surface area contributed by atoms with Gasteiger partial charge in [-0.3, -0.25) is 4.79 Å². The van der Waals surface area contributed by atoms with Crippen LogP contribution >= 0.6 is 11.6 Å². The Labute approximate surface area is 154 Å². The lowest BCUT2D eigenvalue weighted by molar-refractivity contribution is -0.125. The number of amides is 1. The van der Waals surface area contributed by atoms with Crippen LogP contribution in [0.4, 0.5) is 10.1 Å². The van der Waals surface area contributed by atoms with E-state index in [9.17, 15) is 9.18 Å². The second-order valence-corrected chi connectivity index (χ2v) is 7.36. The Hall–Kier alpha value is -2.66. The minimum atomic E-state index is -0.498. The minimum absolute atomic E-state index is 0.000609. The lowest BCUT2D eigenvalue weighted by atomic mass is 9.64. The van der Waals surface area contributed by atoms with Gasteiger partial charge in [-0.2, -0.15) is 0 Å². The van der Waals surface area contributed by atoms with Crippen LogP contribution in [0.1, 0.15) is 18.4 Å². The number of rotatable bonds is 2. The van der Waals surface area contributed by atoms with E-state index in [1.165, 1.54) is 29.3 Å². The highest BCUT2D eigenvalue weighted by Crippen LogP contribution is 2.56. The van der Waals surface area contributed by atoms with E-state index in [1.807, 2.05) is 24.7 Å². The maximum Gasteiger partial charge on any atom is 0.227 e. The summed E-state index contributed by atoms with van der Waals surface area (Å²) in [5, 5.41) is 2.85. The molecule has 1 aliphatic carbocycles. The number of benzene rings is 2. The molecule has 0 bridgehead atoms. The summed E-state index contributed by atoms with van der Waals surface area (Å²) in [5.41, 5.74) is 3.87. The largest absolute Gasteiger partial charge is 0.326 e. The fraction of sp³-hybridized carbons (Fsp3) is 0.200. The Bertz CT molecular complexity index is 1040. The quantitative estimate of drug-likeness (QED) is 0.727. The van der Waals surface area contributed by atoms with Gasteiger partial charge in [0.25, 0.3) is 0 Å². The fourth-order valence-electron chi connectivity index (χ4n) is 4.25. The van der Waals surface area contributed by atoms with Gasteiger partial charge in [0.2, 0.25) is 5.91 Å². The van der Waals surface area contributed by atoms with E-state index < -0.39 is 5.82 Å². The van der Waals surface area contributed by atoms with Gasteiger partial charge in [0, 0.05) is 17.2 Å². The van der Waals surface area contributed by atoms with Crippen LogP contribution in [0, 0.1) is 11.7 Å². The summed E-state index contributed by atoms with van der Waals surface area (Å²) in [7, 11) is 0. The van der Waals surface area contributed by atoms with Crippen LogP contribution in [0.25, 0.3) is 11.3 Å². The maximum absolute atomic E-state index is 13.3. The Balaban J connectivity index is 1.39. The highest BCUT2D eigenvalue weighted by Gasteiger charge is 2.54. The summed E-state index contributed by atoms with van der Waals surface area (Å²) in [5.74, 6) is -0.674. The van der Waals surface area contributed by atoms with Crippen molar-refractivity contribution in [2.24, 2.45) is 5.92 Å². The van der Waals surface area contributed by atoms with Crippen LogP contribution in [0.2, 0.25) is 5.02 Å². The van der Waals surface area contributed by atoms with Gasteiger partial charge in [0.05, 0.1) is 28.8 Å². The molecule has 4 nitrogen and oxygen atoms in total. The van der Waals surface area contributed by atoms with E-state index in [-0.39, 0.29) is 22.4 Å². The summed E-state index contributed by atoms with van der Waals surface area (Å²) in [6.45, 7) is 0. The van der Waals surface area contributed by atoms with Crippen molar-refractivity contribution in [1.29, 1.82) is 0 Å². The summed E-state index contributed by atoms with van der Waals surface area (Å²) in [4.78, 5) is 16.9. The van der Waals surface area contributed by atoms with Gasteiger partial charge in [-0.05, 0) is 36.6 Å². The van der Waals surface area contributed by atoms with Crippen molar-refractivity contribution < 1.29 is 9.18 Å². The number of halogens is 2. The first kappa shape index (κ1) is 15.6. The molecule has 26 heavy (non-hydrogen) atoms. The van der Waals surface area contributed by atoms with Crippen LogP contribution in [-0.4, -0.2) is 15.5 Å². The number of fused-ring (bicyclic) bond motifs is 5. The average Bonchev–Trinajstić information content (AvgIpc) is 3.16. The molecule has 6 heteroatoms. The van der Waals surface area contributed by atoms with E-state index in [4.69, 9.17) is 11.6 Å². The van der Waals surface area contributed by atoms with Gasteiger partial charge in [0.15, 0.2) is 0 Å². The van der Waals surface area contributed by atoms with Gasteiger partial charge in [-0.1, -0.05) is 35.9 Å². The van der Waals surface area contributed by atoms with Crippen molar-refractivity contribution in [3.63, 3.8) is 0 Å². The number of hydrogen-bond donors (Lipinski definition) is 1. The number of aromatic nitrogens is 2. The molecular weight excluding hydrogens is 353 g/mol. The highest BCUT2D eigenvalue weighted by molar-refractivity contribution is 6.31. The molecule has 1 N–H and O–H groups in total. The number of imidazole rings is 1. The third-order valence-corrected chi connectivity index (χ3v) is 5.82. The number of nitrogens with zero attached hydrogens (tertiary/aromatic N) is 2. The second-order valence-electron chi connectivity index (χ2n) is 6.95. The molecule has 5 rings (SSSR count). The first-order valence-electron chi connectivity index (χ1n) is 8.47. The van der Waals surface area contributed by atoms with Gasteiger partial charge in [0.1, 0.15) is 5.82 Å². The van der Waals surface area contributed by atoms with Crippen molar-refractivity contribution in [3.05, 3.63) is 71.4 Å². The SMILES string of the molecule is O=C(Nc1ccc(F)c(Cl)c1)C1CC2(C1)c1ccccc1-c1cncn12. The van der Waals surface area contributed by atoms with Crippen LogP contribution < -0.4 is 5.32 Å². The minimum Gasteiger partial charge on any atom is -0.326 e. The van der Waals surface area contributed by atoms with E-state index in [2.05, 4.69) is 27.0 Å². The Morgan fingerprint density at radius 1 is 1.27 bits per heavy atom. The molecular formula is C20H15ClFN3O. The first-order valence-corrected chi connectivity index (χ1v) is 8.85. The molecule has 0 atom stereocenters. The molecule has 1 aromatic heterocycles. The molecule has 1 saturated carbocycles. The zero-order valence-electron chi connectivity index (χ0n) is 13.7. The maximum atomic E-state index is 13.3. The third-order valence-electron chi connectivity index (χ3n) is 5.53. The lowest BCUT2D eigenvalue weighted by Crippen LogP contribution is -2.49. The summed E-state index contributed by atoms with van der Waals surface area (Å²) < 4.78 is 15.5. The van der Waals surface area contributed by atoms with Gasteiger partial charge in [-0.25, -0.2) is 9.37 Å². The van der Waals surface area contributed by atoms with Crippen molar-refractivity contribution in [1.82, 2.24) is 9.55 Å². The standard InChI is InChI=1S/C20H15ClFN3O/c21-16-7-13(5-6-17(16)22)24-19(26)12-8-20(9-12)15-4-2-1-3-14(15)18-10-23-11-25(18)20/h1-7,10-12H,8-9H2,(H,24,26). The van der Waals surface area contributed by atoms with Crippen LogP contribution in [0.5, 0.6) is 0 Å². The average molecular weight is 368 g/mol. The summed E-state index contributed by atoms with van der Waals surface area (Å²) in [6.07, 6.45) is 5.16. The molecule has 2 aromatic carbocycles. The number of nitrogens with one attached hydrogen (secondary N) is 1. The monoisotopic (exact) mass is 367 g/mol. The van der Waals surface area contributed by atoms with Crippen molar-refractivity contribution in [3.8, 4) is 11.3 Å². The normalized spacial score (nSPS) is 22.6. The van der Waals surface area contributed by atoms with E-state index in [0.717, 1.165) is 5.69 Å². The molecule has 1 spiro atoms. The Morgan fingerprint density at radius 3 is 2.88 bits per heavy atom. The number of anilines is 1. The molecule has 1 fully saturated rings. The first-order chi connectivity index (χ1) is 12.6. The van der Waals surface area contributed by atoms with Crippen molar-refractivity contribution in [2.45, 2.75) is 18.4 Å². The second kappa shape index (κ2) is 5.42. The molecule has 0 unspecified atom stereocenters. The topological polar surface area (TPSA) is 46.9 Å². The van der Waals surface area contributed by atoms with Gasteiger partial charge >= 0.3 is 0 Å². The smallest absolute Gasteiger partial charge is 0.227 e. The number of carbonyl (C=O) groups excluding carboxylic acids is 1. The molecule has 1 amide bonds. The molecule has 0 saturated heterocycles. The predicted octanol–water partition coefficient (Wildman–Crippen LogP) is 4.45. The molecule has 0 radical (unpaired) electrons. The fourth-order valence-corrected chi connectivity index (χ4v) is 4.43. The third kappa shape index (κ3) is 2.07. The number of hydrogen-bond acceptors (Lipinski definition) is 2. The molecule has 1 aliphatic heterocycles. The van der Waals surface area contributed by atoms with Crippen molar-refractivity contribution >= 4 is 23.2 Å². The van der Waals surface area contributed by atoms with Gasteiger partial charge < -0.3 is 9.88 Å². The highest BCUT2D eigenvalue weighted by atomic mass is 35.5. The van der Waals surface area contributed by atoms with Crippen molar-refractivity contribution in [2.75, 3.05) is 5.32 Å². The van der Waals surface area contributed by atoms with Crippen LogP contribution in [0.3, 0.4) is 0 Å². The zero-order valence-corrected chi connectivity index (χ0v) is 14.5. The molecule has 130 valence electrons. The van der Waals surface area contributed by atoms with Gasteiger partial charge in [-0.15, -0.1) is 0 Å². The molecule has 2 aliphatic rings.